The summed E-state index contributed by atoms with van der Waals surface area (Å²) < 4.78 is 68.3. The monoisotopic (exact) mass is 1320 g/mol. The Bertz CT molecular complexity index is 1780. The SMILES string of the molecule is CCC(C)CCCCCCCCC(=O)O[C@H](COC(=O)CCCCCCCCC(C)C)COP(=O)(O)OC[C@H](O)COP(=O)(O)OC[C@@H](COC(=O)CCCCCCCCCCCCCC(C)C)OC(=O)CCCCCCCCCCCCCCCCC(C)C. The highest BCUT2D eigenvalue weighted by Gasteiger charge is 2.30. The molecule has 3 N–H and O–H groups in total. The molecule has 6 atom stereocenters. The van der Waals surface area contributed by atoms with Gasteiger partial charge < -0.3 is 33.8 Å². The molecule has 0 aromatic rings. The molecule has 0 aliphatic carbocycles. The van der Waals surface area contributed by atoms with Crippen molar-refractivity contribution in [1.29, 1.82) is 0 Å². The number of aliphatic hydroxyl groups is 1. The average molecular weight is 1330 g/mol. The second kappa shape index (κ2) is 60.7. The Morgan fingerprint density at radius 3 is 0.789 bits per heavy atom. The molecule has 90 heavy (non-hydrogen) atoms. The molecule has 0 aliphatic rings. The van der Waals surface area contributed by atoms with Crippen molar-refractivity contribution in [3.05, 3.63) is 0 Å². The molecule has 0 fully saturated rings. The molecule has 0 bridgehead atoms. The molecule has 19 heteroatoms. The molecule has 0 radical (unpaired) electrons. The summed E-state index contributed by atoms with van der Waals surface area (Å²) in [4.78, 5) is 72.5. The van der Waals surface area contributed by atoms with Gasteiger partial charge in [0.15, 0.2) is 12.2 Å². The lowest BCUT2D eigenvalue weighted by Gasteiger charge is -2.21. The lowest BCUT2D eigenvalue weighted by Crippen LogP contribution is -2.30. The second-order valence-corrected chi connectivity index (χ2v) is 30.2. The number of phosphoric ester groups is 2. The molecule has 3 unspecified atom stereocenters. The summed E-state index contributed by atoms with van der Waals surface area (Å²) in [6.45, 7) is 14.1. The van der Waals surface area contributed by atoms with Crippen LogP contribution in [0.2, 0.25) is 0 Å². The van der Waals surface area contributed by atoms with E-state index < -0.39 is 97.5 Å². The van der Waals surface area contributed by atoms with Crippen molar-refractivity contribution in [1.82, 2.24) is 0 Å². The predicted molar refractivity (Wildman–Crippen MR) is 363 cm³/mol. The number of unbranched alkanes of at least 4 members (excludes halogenated alkanes) is 33. The van der Waals surface area contributed by atoms with Gasteiger partial charge in [0.2, 0.25) is 0 Å². The Hall–Kier alpha value is -1.94. The first-order chi connectivity index (χ1) is 43.1. The summed E-state index contributed by atoms with van der Waals surface area (Å²) in [6.07, 6.45) is 43.3. The average Bonchev–Trinajstić information content (AvgIpc) is 3.71. The van der Waals surface area contributed by atoms with Crippen molar-refractivity contribution < 1.29 is 80.2 Å². The van der Waals surface area contributed by atoms with Gasteiger partial charge in [-0.25, -0.2) is 9.13 Å². The van der Waals surface area contributed by atoms with Gasteiger partial charge in [-0.1, -0.05) is 299 Å². The van der Waals surface area contributed by atoms with Gasteiger partial charge >= 0.3 is 39.5 Å². The minimum absolute atomic E-state index is 0.101. The predicted octanol–water partition coefficient (Wildman–Crippen LogP) is 20.1. The molecular formula is C71H138O17P2. The zero-order chi connectivity index (χ0) is 66.8. The normalized spacial score (nSPS) is 14.6. The van der Waals surface area contributed by atoms with Gasteiger partial charge in [-0.2, -0.15) is 0 Å². The van der Waals surface area contributed by atoms with Gasteiger partial charge in [0.25, 0.3) is 0 Å². The summed E-state index contributed by atoms with van der Waals surface area (Å²) in [7, 11) is -9.90. The lowest BCUT2D eigenvalue weighted by molar-refractivity contribution is -0.161. The van der Waals surface area contributed by atoms with Gasteiger partial charge in [-0.05, 0) is 49.4 Å². The first kappa shape index (κ1) is 88.1. The number of aliphatic hydroxyl groups excluding tert-OH is 1. The van der Waals surface area contributed by atoms with E-state index in [4.69, 9.17) is 37.0 Å². The zero-order valence-electron chi connectivity index (χ0n) is 58.8. The third-order valence-electron chi connectivity index (χ3n) is 16.7. The quantitative estimate of drug-likeness (QED) is 0.0222. The van der Waals surface area contributed by atoms with Crippen molar-refractivity contribution in [2.75, 3.05) is 39.6 Å². The fourth-order valence-electron chi connectivity index (χ4n) is 10.6. The lowest BCUT2D eigenvalue weighted by atomic mass is 10.00. The largest absolute Gasteiger partial charge is 0.472 e. The third-order valence-corrected chi connectivity index (χ3v) is 18.6. The molecule has 0 aromatic heterocycles. The maximum Gasteiger partial charge on any atom is 0.472 e. The van der Waals surface area contributed by atoms with Crippen LogP contribution in [0.3, 0.4) is 0 Å². The van der Waals surface area contributed by atoms with Crippen LogP contribution in [0.5, 0.6) is 0 Å². The highest BCUT2D eigenvalue weighted by atomic mass is 31.2. The van der Waals surface area contributed by atoms with Crippen LogP contribution in [-0.2, 0) is 65.4 Å². The minimum Gasteiger partial charge on any atom is -0.462 e. The maximum absolute atomic E-state index is 13.0. The van der Waals surface area contributed by atoms with Crippen LogP contribution in [-0.4, -0.2) is 96.7 Å². The Kier molecular flexibility index (Phi) is 59.4. The minimum atomic E-state index is -4.95. The number of rotatable bonds is 68. The van der Waals surface area contributed by atoms with E-state index in [9.17, 15) is 43.2 Å². The van der Waals surface area contributed by atoms with E-state index in [0.717, 1.165) is 114 Å². The molecule has 534 valence electrons. The number of ether oxygens (including phenoxy) is 4. The smallest absolute Gasteiger partial charge is 0.462 e. The van der Waals surface area contributed by atoms with Crippen molar-refractivity contribution >= 4 is 39.5 Å². The van der Waals surface area contributed by atoms with Gasteiger partial charge in [-0.15, -0.1) is 0 Å². The van der Waals surface area contributed by atoms with Gasteiger partial charge in [-0.3, -0.25) is 37.3 Å². The molecule has 0 saturated carbocycles. The first-order valence-corrected chi connectivity index (χ1v) is 39.7. The molecule has 17 nitrogen and oxygen atoms in total. The number of hydrogen-bond acceptors (Lipinski definition) is 15. The summed E-state index contributed by atoms with van der Waals surface area (Å²) >= 11 is 0. The Morgan fingerprint density at radius 2 is 0.533 bits per heavy atom. The molecule has 0 saturated heterocycles. The van der Waals surface area contributed by atoms with Crippen LogP contribution < -0.4 is 0 Å². The Morgan fingerprint density at radius 1 is 0.311 bits per heavy atom. The van der Waals surface area contributed by atoms with E-state index in [2.05, 4.69) is 55.4 Å². The van der Waals surface area contributed by atoms with Crippen LogP contribution >= 0.6 is 15.6 Å². The highest BCUT2D eigenvalue weighted by molar-refractivity contribution is 7.47. The summed E-state index contributed by atoms with van der Waals surface area (Å²) in [5, 5.41) is 10.6. The fraction of sp³-hybridized carbons (Fsp3) is 0.944. The van der Waals surface area contributed by atoms with Crippen molar-refractivity contribution in [3.8, 4) is 0 Å². The van der Waals surface area contributed by atoms with E-state index in [1.165, 1.54) is 148 Å². The molecule has 0 rings (SSSR count). The van der Waals surface area contributed by atoms with E-state index in [0.29, 0.717) is 31.6 Å². The van der Waals surface area contributed by atoms with Crippen LogP contribution in [0.25, 0.3) is 0 Å². The van der Waals surface area contributed by atoms with Crippen molar-refractivity contribution in [2.45, 2.75) is 369 Å². The number of phosphoric acid groups is 2. The van der Waals surface area contributed by atoms with E-state index in [1.807, 2.05) is 0 Å². The van der Waals surface area contributed by atoms with E-state index in [-0.39, 0.29) is 25.7 Å². The van der Waals surface area contributed by atoms with Crippen molar-refractivity contribution in [3.63, 3.8) is 0 Å². The summed E-state index contributed by atoms with van der Waals surface area (Å²) in [6, 6.07) is 0. The van der Waals surface area contributed by atoms with E-state index >= 15 is 0 Å². The highest BCUT2D eigenvalue weighted by Crippen LogP contribution is 2.45. The zero-order valence-corrected chi connectivity index (χ0v) is 60.6. The molecule has 0 spiro atoms. The molecular weight excluding hydrogens is 1190 g/mol. The summed E-state index contributed by atoms with van der Waals surface area (Å²) in [5.74, 6) is 0.834. The van der Waals surface area contributed by atoms with Crippen LogP contribution in [0.15, 0.2) is 0 Å². The second-order valence-electron chi connectivity index (χ2n) is 27.3. The Balaban J connectivity index is 5.24. The van der Waals surface area contributed by atoms with Gasteiger partial charge in [0.1, 0.15) is 19.3 Å². The van der Waals surface area contributed by atoms with E-state index in [1.54, 1.807) is 0 Å². The molecule has 0 aromatic carbocycles. The standard InChI is InChI=1S/C71H138O17P2/c1-9-64(8)50-42-34-28-30-38-46-54-71(76)88-67(58-82-69(74)52-44-36-29-27-33-41-49-63(6)7)60-86-90(79,80)84-56-65(72)55-83-89(77,78)85-59-66(57-81-68(73)51-43-35-25-21-18-14-16-20-24-32-40-48-62(4)5)87-70(75)53-45-37-26-22-17-13-11-10-12-15-19-23-31-39-47-61(2)3/h61-67,72H,9-60H2,1-8H3,(H,77,78)(H,79,80)/t64?,65-,66-,67-/m1/s1. The van der Waals surface area contributed by atoms with Crippen LogP contribution in [0, 0.1) is 23.7 Å². The number of hydrogen-bond donors (Lipinski definition) is 3. The van der Waals surface area contributed by atoms with Crippen LogP contribution in [0.4, 0.5) is 0 Å². The third kappa shape index (κ3) is 63.5. The first-order valence-electron chi connectivity index (χ1n) is 36.7. The fourth-order valence-corrected chi connectivity index (χ4v) is 12.2. The number of esters is 4. The molecule has 0 amide bonds. The molecule has 0 heterocycles. The number of carbonyl (C=O) groups excluding carboxylic acids is 4. The van der Waals surface area contributed by atoms with Gasteiger partial charge in [0.05, 0.1) is 26.4 Å². The van der Waals surface area contributed by atoms with Crippen LogP contribution in [0.1, 0.15) is 351 Å². The topological polar surface area (TPSA) is 237 Å². The Labute approximate surface area is 549 Å². The van der Waals surface area contributed by atoms with Crippen molar-refractivity contribution in [2.24, 2.45) is 23.7 Å². The summed E-state index contributed by atoms with van der Waals surface area (Å²) in [5.41, 5.74) is 0. The maximum atomic E-state index is 13.0. The van der Waals surface area contributed by atoms with Gasteiger partial charge in [0, 0.05) is 25.7 Å². The molecule has 0 aliphatic heterocycles. The number of carbonyl (C=O) groups is 4.